The first-order valence-corrected chi connectivity index (χ1v) is 7.24. The van der Waals surface area contributed by atoms with Gasteiger partial charge in [-0.2, -0.15) is 0 Å². The van der Waals surface area contributed by atoms with Gasteiger partial charge in [-0.25, -0.2) is 0 Å². The van der Waals surface area contributed by atoms with E-state index in [1.807, 2.05) is 32.9 Å². The first kappa shape index (κ1) is 15.4. The molecule has 0 saturated carbocycles. The predicted octanol–water partition coefficient (Wildman–Crippen LogP) is 4.40. The zero-order chi connectivity index (χ0) is 15.4. The van der Waals surface area contributed by atoms with Gasteiger partial charge in [0.05, 0.1) is 0 Å². The van der Waals surface area contributed by atoms with E-state index in [1.54, 1.807) is 24.3 Å². The van der Waals surface area contributed by atoms with Crippen molar-refractivity contribution in [3.63, 3.8) is 0 Å². The molecule has 0 aliphatic carbocycles. The van der Waals surface area contributed by atoms with Gasteiger partial charge in [-0.3, -0.25) is 4.79 Å². The molecule has 0 aromatic heterocycles. The molecule has 21 heavy (non-hydrogen) atoms. The van der Waals surface area contributed by atoms with Gasteiger partial charge in [0.25, 0.3) is 0 Å². The van der Waals surface area contributed by atoms with Crippen LogP contribution >= 0.6 is 11.6 Å². The standard InChI is InChI=1S/C17H19ClN2O/c1-11-4-5-12(2)16(10-11)19-13(3)17(21)20-15-8-6-14(18)7-9-15/h4-10,13,19H,1-3H3,(H,20,21)/t13-/m0/s1. The Hall–Kier alpha value is -2.00. The summed E-state index contributed by atoms with van der Waals surface area (Å²) >= 11 is 5.83. The van der Waals surface area contributed by atoms with Crippen molar-refractivity contribution in [2.24, 2.45) is 0 Å². The van der Waals surface area contributed by atoms with E-state index in [-0.39, 0.29) is 11.9 Å². The van der Waals surface area contributed by atoms with Gasteiger partial charge in [0.15, 0.2) is 0 Å². The Morgan fingerprint density at radius 1 is 1.10 bits per heavy atom. The van der Waals surface area contributed by atoms with E-state index in [2.05, 4.69) is 16.7 Å². The Balaban J connectivity index is 2.02. The number of carbonyl (C=O) groups excluding carboxylic acids is 1. The number of amides is 1. The van der Waals surface area contributed by atoms with Gasteiger partial charge in [-0.15, -0.1) is 0 Å². The molecule has 2 aromatic rings. The van der Waals surface area contributed by atoms with E-state index >= 15 is 0 Å². The third kappa shape index (κ3) is 4.23. The average molecular weight is 303 g/mol. The van der Waals surface area contributed by atoms with E-state index in [1.165, 1.54) is 0 Å². The van der Waals surface area contributed by atoms with E-state index in [4.69, 9.17) is 11.6 Å². The van der Waals surface area contributed by atoms with Crippen LogP contribution in [0.25, 0.3) is 0 Å². The number of carbonyl (C=O) groups is 1. The summed E-state index contributed by atoms with van der Waals surface area (Å²) in [5.41, 5.74) is 3.99. The van der Waals surface area contributed by atoms with Gasteiger partial charge in [0.1, 0.15) is 6.04 Å². The number of hydrogen-bond acceptors (Lipinski definition) is 2. The number of nitrogens with one attached hydrogen (secondary N) is 2. The van der Waals surface area contributed by atoms with E-state index in [0.717, 1.165) is 22.5 Å². The highest BCUT2D eigenvalue weighted by atomic mass is 35.5. The van der Waals surface area contributed by atoms with Crippen molar-refractivity contribution in [2.45, 2.75) is 26.8 Å². The second-order valence-corrected chi connectivity index (χ2v) is 5.62. The highest BCUT2D eigenvalue weighted by Gasteiger charge is 2.13. The summed E-state index contributed by atoms with van der Waals surface area (Å²) in [4.78, 5) is 12.2. The van der Waals surface area contributed by atoms with Crippen LogP contribution in [-0.4, -0.2) is 11.9 Å². The second kappa shape index (κ2) is 6.64. The summed E-state index contributed by atoms with van der Waals surface area (Å²) in [7, 11) is 0. The highest BCUT2D eigenvalue weighted by Crippen LogP contribution is 2.18. The normalized spacial score (nSPS) is 11.8. The summed E-state index contributed by atoms with van der Waals surface area (Å²) in [5, 5.41) is 6.76. The molecule has 2 rings (SSSR count). The number of rotatable bonds is 4. The predicted molar refractivity (Wildman–Crippen MR) is 89.1 cm³/mol. The van der Waals surface area contributed by atoms with Crippen LogP contribution in [0.15, 0.2) is 42.5 Å². The minimum absolute atomic E-state index is 0.0850. The monoisotopic (exact) mass is 302 g/mol. The summed E-state index contributed by atoms with van der Waals surface area (Å²) < 4.78 is 0. The van der Waals surface area contributed by atoms with Gasteiger partial charge in [0.2, 0.25) is 5.91 Å². The maximum atomic E-state index is 12.2. The SMILES string of the molecule is Cc1ccc(C)c(N[C@@H](C)C(=O)Nc2ccc(Cl)cc2)c1. The second-order valence-electron chi connectivity index (χ2n) is 5.18. The molecule has 110 valence electrons. The van der Waals surface area contributed by atoms with Crippen molar-refractivity contribution in [1.82, 2.24) is 0 Å². The minimum atomic E-state index is -0.332. The zero-order valence-electron chi connectivity index (χ0n) is 12.4. The van der Waals surface area contributed by atoms with E-state index in [0.29, 0.717) is 5.02 Å². The van der Waals surface area contributed by atoms with Crippen LogP contribution in [0.3, 0.4) is 0 Å². The van der Waals surface area contributed by atoms with Crippen LogP contribution in [0.1, 0.15) is 18.1 Å². The van der Waals surface area contributed by atoms with Crippen LogP contribution in [0, 0.1) is 13.8 Å². The number of hydrogen-bond donors (Lipinski definition) is 2. The molecule has 3 nitrogen and oxygen atoms in total. The first-order valence-electron chi connectivity index (χ1n) is 6.86. The van der Waals surface area contributed by atoms with Crippen LogP contribution in [0.4, 0.5) is 11.4 Å². The molecule has 1 atom stereocenters. The van der Waals surface area contributed by atoms with Gasteiger partial charge >= 0.3 is 0 Å². The lowest BCUT2D eigenvalue weighted by Crippen LogP contribution is -2.32. The third-order valence-electron chi connectivity index (χ3n) is 3.27. The molecule has 0 saturated heterocycles. The maximum Gasteiger partial charge on any atom is 0.246 e. The fourth-order valence-corrected chi connectivity index (χ4v) is 2.10. The molecule has 0 aliphatic rings. The van der Waals surface area contributed by atoms with Crippen molar-refractivity contribution >= 4 is 28.9 Å². The molecule has 0 bridgehead atoms. The lowest BCUT2D eigenvalue weighted by Gasteiger charge is -2.17. The molecule has 2 N–H and O–H groups in total. The summed E-state index contributed by atoms with van der Waals surface area (Å²) in [5.74, 6) is -0.0850. The maximum absolute atomic E-state index is 12.2. The first-order chi connectivity index (χ1) is 9.95. The smallest absolute Gasteiger partial charge is 0.246 e. The van der Waals surface area contributed by atoms with Crippen molar-refractivity contribution in [3.05, 3.63) is 58.6 Å². The fraction of sp³-hybridized carbons (Fsp3) is 0.235. The molecule has 0 spiro atoms. The molecular formula is C17H19ClN2O. The molecule has 0 aliphatic heterocycles. The molecule has 2 aromatic carbocycles. The Labute approximate surface area is 130 Å². The largest absolute Gasteiger partial charge is 0.374 e. The number of anilines is 2. The van der Waals surface area contributed by atoms with Crippen molar-refractivity contribution in [3.8, 4) is 0 Å². The quantitative estimate of drug-likeness (QED) is 0.879. The van der Waals surface area contributed by atoms with Crippen LogP contribution in [0.5, 0.6) is 0 Å². The van der Waals surface area contributed by atoms with Crippen LogP contribution in [0.2, 0.25) is 5.02 Å². The number of halogens is 1. The van der Waals surface area contributed by atoms with Crippen molar-refractivity contribution < 1.29 is 4.79 Å². The Morgan fingerprint density at radius 3 is 2.43 bits per heavy atom. The fourth-order valence-electron chi connectivity index (χ4n) is 1.97. The summed E-state index contributed by atoms with van der Waals surface area (Å²) in [6.45, 7) is 5.89. The number of benzene rings is 2. The molecule has 0 unspecified atom stereocenters. The Kier molecular flexibility index (Phi) is 4.86. The summed E-state index contributed by atoms with van der Waals surface area (Å²) in [6, 6.07) is 12.9. The van der Waals surface area contributed by atoms with E-state index < -0.39 is 0 Å². The van der Waals surface area contributed by atoms with Gasteiger partial charge in [0, 0.05) is 16.4 Å². The van der Waals surface area contributed by atoms with Crippen LogP contribution in [-0.2, 0) is 4.79 Å². The molecule has 0 radical (unpaired) electrons. The third-order valence-corrected chi connectivity index (χ3v) is 3.52. The van der Waals surface area contributed by atoms with Gasteiger partial charge in [-0.05, 0) is 62.2 Å². The Bertz CT molecular complexity index is 638. The highest BCUT2D eigenvalue weighted by molar-refractivity contribution is 6.30. The lowest BCUT2D eigenvalue weighted by atomic mass is 10.1. The molecular weight excluding hydrogens is 284 g/mol. The molecule has 4 heteroatoms. The summed E-state index contributed by atoms with van der Waals surface area (Å²) in [6.07, 6.45) is 0. The van der Waals surface area contributed by atoms with Crippen molar-refractivity contribution in [1.29, 1.82) is 0 Å². The van der Waals surface area contributed by atoms with Gasteiger partial charge < -0.3 is 10.6 Å². The molecule has 0 fully saturated rings. The average Bonchev–Trinajstić information content (AvgIpc) is 2.45. The molecule has 1 amide bonds. The van der Waals surface area contributed by atoms with Crippen LogP contribution < -0.4 is 10.6 Å². The number of aryl methyl sites for hydroxylation is 2. The zero-order valence-corrected chi connectivity index (χ0v) is 13.2. The van der Waals surface area contributed by atoms with E-state index in [9.17, 15) is 4.79 Å². The lowest BCUT2D eigenvalue weighted by molar-refractivity contribution is -0.116. The molecule has 0 heterocycles. The topological polar surface area (TPSA) is 41.1 Å². The minimum Gasteiger partial charge on any atom is -0.374 e. The van der Waals surface area contributed by atoms with Crippen molar-refractivity contribution in [2.75, 3.05) is 10.6 Å². The Morgan fingerprint density at radius 2 is 1.76 bits per heavy atom. The van der Waals surface area contributed by atoms with Gasteiger partial charge in [-0.1, -0.05) is 23.7 Å².